The van der Waals surface area contributed by atoms with Crippen molar-refractivity contribution in [3.05, 3.63) is 40.9 Å². The molecule has 172 valence electrons. The van der Waals surface area contributed by atoms with E-state index in [0.717, 1.165) is 35.6 Å². The molecule has 1 N–H and O–H groups in total. The van der Waals surface area contributed by atoms with E-state index in [0.29, 0.717) is 25.2 Å². The fourth-order valence-electron chi connectivity index (χ4n) is 4.40. The minimum atomic E-state index is -1.16. The lowest BCUT2D eigenvalue weighted by molar-refractivity contribution is 0.0899. The minimum Gasteiger partial charge on any atom is -0.465 e. The molecule has 0 aliphatic carbocycles. The Morgan fingerprint density at radius 3 is 2.75 bits per heavy atom. The molecule has 8 nitrogen and oxygen atoms in total. The summed E-state index contributed by atoms with van der Waals surface area (Å²) in [7, 11) is -1.16. The first kappa shape index (κ1) is 22.5. The highest BCUT2D eigenvalue weighted by Gasteiger charge is 2.31. The van der Waals surface area contributed by atoms with Crippen molar-refractivity contribution in [3.8, 4) is 0 Å². The van der Waals surface area contributed by atoms with E-state index in [1.54, 1.807) is 18.5 Å². The molecule has 32 heavy (non-hydrogen) atoms. The maximum absolute atomic E-state index is 12.6. The molecule has 1 aliphatic heterocycles. The Morgan fingerprint density at radius 1 is 1.25 bits per heavy atom. The van der Waals surface area contributed by atoms with Gasteiger partial charge in [0.2, 0.25) is 0 Å². The highest BCUT2D eigenvalue weighted by atomic mass is 28.3. The van der Waals surface area contributed by atoms with Gasteiger partial charge in [-0.2, -0.15) is 0 Å². The van der Waals surface area contributed by atoms with Crippen molar-refractivity contribution in [1.29, 1.82) is 0 Å². The molecule has 0 bridgehead atoms. The van der Waals surface area contributed by atoms with Crippen molar-refractivity contribution in [2.24, 2.45) is 5.92 Å². The average Bonchev–Trinajstić information content (AvgIpc) is 3.14. The molecule has 1 fully saturated rings. The minimum absolute atomic E-state index is 0.0510. The summed E-state index contributed by atoms with van der Waals surface area (Å²) in [6.45, 7) is 11.2. The zero-order chi connectivity index (χ0) is 23.0. The summed E-state index contributed by atoms with van der Waals surface area (Å²) in [5.74, 6) is 0.284. The third-order valence-corrected chi connectivity index (χ3v) is 8.15. The Labute approximate surface area is 188 Å². The molecule has 0 unspecified atom stereocenters. The van der Waals surface area contributed by atoms with Gasteiger partial charge in [0.1, 0.15) is 12.4 Å². The predicted molar refractivity (Wildman–Crippen MR) is 128 cm³/mol. The first-order valence-corrected chi connectivity index (χ1v) is 14.9. The Morgan fingerprint density at radius 2 is 2.03 bits per heavy atom. The van der Waals surface area contributed by atoms with Crippen molar-refractivity contribution >= 4 is 36.1 Å². The number of nitrogens with zero attached hydrogens (tertiary/aromatic N) is 4. The largest absolute Gasteiger partial charge is 0.465 e. The highest BCUT2D eigenvalue weighted by molar-refractivity contribution is 6.76. The molecule has 9 heteroatoms. The summed E-state index contributed by atoms with van der Waals surface area (Å²) in [4.78, 5) is 30.3. The number of fused-ring (bicyclic) bond motifs is 3. The summed E-state index contributed by atoms with van der Waals surface area (Å²) in [6.07, 6.45) is 5.27. The molecule has 0 spiro atoms. The van der Waals surface area contributed by atoms with E-state index in [1.165, 1.54) is 4.90 Å². The van der Waals surface area contributed by atoms with E-state index in [1.807, 2.05) is 16.8 Å². The Bertz CT molecular complexity index is 1200. The molecule has 0 saturated carbocycles. The molecule has 4 rings (SSSR count). The fraction of sp³-hybridized carbons (Fsp3) is 0.522. The number of ether oxygens (including phenoxy) is 1. The topological polar surface area (TPSA) is 89.6 Å². The van der Waals surface area contributed by atoms with Gasteiger partial charge in [-0.3, -0.25) is 4.79 Å². The smallest absolute Gasteiger partial charge is 0.407 e. The monoisotopic (exact) mass is 456 g/mol. The lowest BCUT2D eigenvalue weighted by atomic mass is 9.92. The van der Waals surface area contributed by atoms with Crippen molar-refractivity contribution in [2.75, 3.05) is 19.7 Å². The summed E-state index contributed by atoms with van der Waals surface area (Å²) < 4.78 is 9.97. The molecule has 3 aromatic rings. The predicted octanol–water partition coefficient (Wildman–Crippen LogP) is 4.22. The maximum atomic E-state index is 12.6. The number of hydrogen-bond donors (Lipinski definition) is 1. The third kappa shape index (κ3) is 4.45. The van der Waals surface area contributed by atoms with Crippen LogP contribution in [0.25, 0.3) is 21.9 Å². The van der Waals surface area contributed by atoms with Gasteiger partial charge in [0, 0.05) is 57.8 Å². The van der Waals surface area contributed by atoms with Crippen molar-refractivity contribution < 1.29 is 14.6 Å². The van der Waals surface area contributed by atoms with E-state index in [2.05, 4.69) is 36.1 Å². The van der Waals surface area contributed by atoms with Crippen LogP contribution >= 0.6 is 0 Å². The van der Waals surface area contributed by atoms with E-state index in [-0.39, 0.29) is 17.4 Å². The Balaban J connectivity index is 1.73. The van der Waals surface area contributed by atoms with Crippen LogP contribution in [0.1, 0.15) is 19.4 Å². The standard InChI is InChI=1S/C23H32N4O4Si/c1-16-5-8-25(23(29)30)14-19(16)27-10-7-20(28)18-13-24-22-17(21(18)27)6-9-26(22)15-31-11-12-32(2,3)4/h6-7,9-10,13,16,19H,5,8,11-12,14-15H2,1-4H3,(H,29,30)/t16-,19+/m1/s1. The second-order valence-corrected chi connectivity index (χ2v) is 15.7. The molecule has 0 radical (unpaired) electrons. The number of aromatic nitrogens is 3. The van der Waals surface area contributed by atoms with Crippen molar-refractivity contribution in [1.82, 2.24) is 19.0 Å². The number of hydrogen-bond acceptors (Lipinski definition) is 4. The van der Waals surface area contributed by atoms with Gasteiger partial charge >= 0.3 is 6.09 Å². The number of rotatable bonds is 6. The molecule has 1 aliphatic rings. The van der Waals surface area contributed by atoms with Crippen LogP contribution in [0, 0.1) is 5.92 Å². The van der Waals surface area contributed by atoms with Crippen LogP contribution < -0.4 is 5.43 Å². The van der Waals surface area contributed by atoms with Gasteiger partial charge in [-0.1, -0.05) is 26.6 Å². The molecule has 2 atom stereocenters. The van der Waals surface area contributed by atoms with Crippen LogP contribution in [-0.4, -0.2) is 58.0 Å². The van der Waals surface area contributed by atoms with Gasteiger partial charge in [0.05, 0.1) is 16.9 Å². The zero-order valence-corrected chi connectivity index (χ0v) is 20.2. The van der Waals surface area contributed by atoms with Crippen LogP contribution in [0.5, 0.6) is 0 Å². The van der Waals surface area contributed by atoms with Gasteiger partial charge in [-0.25, -0.2) is 9.78 Å². The van der Waals surface area contributed by atoms with Crippen molar-refractivity contribution in [3.63, 3.8) is 0 Å². The second kappa shape index (κ2) is 8.71. The SMILES string of the molecule is C[C@@H]1CCN(C(=O)O)C[C@@H]1n1ccc(=O)c2cnc3c(ccn3COCC[Si](C)(C)C)c21. The molecule has 1 amide bonds. The summed E-state index contributed by atoms with van der Waals surface area (Å²) in [5, 5.41) is 11.0. The van der Waals surface area contributed by atoms with Crippen molar-refractivity contribution in [2.45, 2.75) is 51.8 Å². The third-order valence-electron chi connectivity index (χ3n) is 6.44. The number of amides is 1. The molecule has 0 aromatic carbocycles. The van der Waals surface area contributed by atoms with Crippen LogP contribution in [0.15, 0.2) is 35.5 Å². The van der Waals surface area contributed by atoms with Gasteiger partial charge in [-0.05, 0) is 24.4 Å². The first-order valence-electron chi connectivity index (χ1n) is 11.2. The number of likely N-dealkylation sites (tertiary alicyclic amines) is 1. The lowest BCUT2D eigenvalue weighted by Crippen LogP contribution is -2.43. The first-order chi connectivity index (χ1) is 15.2. The Kier molecular flexibility index (Phi) is 6.13. The highest BCUT2D eigenvalue weighted by Crippen LogP contribution is 2.32. The molecule has 4 heterocycles. The summed E-state index contributed by atoms with van der Waals surface area (Å²) in [5.41, 5.74) is 1.50. The summed E-state index contributed by atoms with van der Waals surface area (Å²) >= 11 is 0. The fourth-order valence-corrected chi connectivity index (χ4v) is 5.16. The quantitative estimate of drug-likeness (QED) is 0.443. The maximum Gasteiger partial charge on any atom is 0.407 e. The van der Waals surface area contributed by atoms with Gasteiger partial charge in [-0.15, -0.1) is 0 Å². The van der Waals surface area contributed by atoms with Crippen LogP contribution in [0.3, 0.4) is 0 Å². The molecule has 3 aromatic heterocycles. The van der Waals surface area contributed by atoms with E-state index in [9.17, 15) is 14.7 Å². The van der Waals surface area contributed by atoms with E-state index >= 15 is 0 Å². The Hall–Kier alpha value is -2.65. The lowest BCUT2D eigenvalue weighted by Gasteiger charge is -2.37. The average molecular weight is 457 g/mol. The van der Waals surface area contributed by atoms with Gasteiger partial charge in [0.25, 0.3) is 0 Å². The zero-order valence-electron chi connectivity index (χ0n) is 19.2. The number of piperidine rings is 1. The number of carbonyl (C=O) groups is 1. The molecular formula is C23H32N4O4Si. The number of carboxylic acid groups (broad SMARTS) is 1. The van der Waals surface area contributed by atoms with Crippen LogP contribution in [-0.2, 0) is 11.5 Å². The second-order valence-electron chi connectivity index (χ2n) is 10.0. The summed E-state index contributed by atoms with van der Waals surface area (Å²) in [6, 6.07) is 4.58. The number of pyridine rings is 2. The van der Waals surface area contributed by atoms with Gasteiger partial charge in [0.15, 0.2) is 5.43 Å². The molecule has 1 saturated heterocycles. The van der Waals surface area contributed by atoms with E-state index < -0.39 is 14.2 Å². The normalized spacial score (nSPS) is 19.7. The van der Waals surface area contributed by atoms with Gasteiger partial charge < -0.3 is 23.9 Å². The molecular weight excluding hydrogens is 424 g/mol. The van der Waals surface area contributed by atoms with E-state index in [4.69, 9.17) is 4.74 Å². The van der Waals surface area contributed by atoms with Crippen LogP contribution in [0.4, 0.5) is 4.79 Å². The van der Waals surface area contributed by atoms with Crippen LogP contribution in [0.2, 0.25) is 25.7 Å².